The van der Waals surface area contributed by atoms with Gasteiger partial charge >= 0.3 is 5.97 Å². The van der Waals surface area contributed by atoms with E-state index < -0.39 is 12.0 Å². The fraction of sp³-hybridized carbons (Fsp3) is 0.200. The summed E-state index contributed by atoms with van der Waals surface area (Å²) in [6.45, 7) is 0. The fourth-order valence-corrected chi connectivity index (χ4v) is 3.35. The summed E-state index contributed by atoms with van der Waals surface area (Å²) in [6.07, 6.45) is 0.324. The molecule has 1 atom stereocenters. The Morgan fingerprint density at radius 2 is 2.10 bits per heavy atom. The molecular formula is C15H13NO4S. The van der Waals surface area contributed by atoms with Crippen LogP contribution in [0.2, 0.25) is 0 Å². The second-order valence-corrected chi connectivity index (χ2v) is 5.60. The number of aliphatic carboxylic acids is 1. The molecule has 0 radical (unpaired) electrons. The smallest absolute Gasteiger partial charge is 0.327 e. The zero-order valence-electron chi connectivity index (χ0n) is 11.3. The highest BCUT2D eigenvalue weighted by molar-refractivity contribution is 7.12. The maximum atomic E-state index is 12.8. The molecule has 5 nitrogen and oxygen atoms in total. The molecule has 108 valence electrons. The number of hydrogen-bond acceptors (Lipinski definition) is 4. The standard InChI is InChI=1S/C15H13NO4S/c1-20-12-6-7-21-13(12)14(17)16-10-5-3-2-4-9(10)8-11(16)15(18)19/h2-7,11H,8H2,1H3,(H,18,19). The number of carboxylic acid groups (broad SMARTS) is 1. The number of amides is 1. The largest absolute Gasteiger partial charge is 0.495 e. The van der Waals surface area contributed by atoms with Crippen LogP contribution in [0.4, 0.5) is 5.69 Å². The number of carbonyl (C=O) groups is 2. The number of ether oxygens (including phenoxy) is 1. The van der Waals surface area contributed by atoms with Crippen LogP contribution < -0.4 is 9.64 Å². The third kappa shape index (κ3) is 2.17. The van der Waals surface area contributed by atoms with Crippen molar-refractivity contribution in [2.24, 2.45) is 0 Å². The predicted molar refractivity (Wildman–Crippen MR) is 79.3 cm³/mol. The molecule has 0 bridgehead atoms. The van der Waals surface area contributed by atoms with Crippen molar-refractivity contribution in [3.05, 3.63) is 46.2 Å². The Kier molecular flexibility index (Phi) is 3.39. The van der Waals surface area contributed by atoms with Crippen LogP contribution in [0.15, 0.2) is 35.7 Å². The molecule has 6 heteroatoms. The van der Waals surface area contributed by atoms with Gasteiger partial charge in [-0.15, -0.1) is 11.3 Å². The number of methoxy groups -OCH3 is 1. The number of fused-ring (bicyclic) bond motifs is 1. The van der Waals surface area contributed by atoms with Gasteiger partial charge in [0, 0.05) is 12.1 Å². The molecule has 0 saturated carbocycles. The van der Waals surface area contributed by atoms with E-state index in [4.69, 9.17) is 4.74 Å². The lowest BCUT2D eigenvalue weighted by Gasteiger charge is -2.22. The summed E-state index contributed by atoms with van der Waals surface area (Å²) in [4.78, 5) is 26.0. The van der Waals surface area contributed by atoms with Crippen molar-refractivity contribution in [2.45, 2.75) is 12.5 Å². The fourth-order valence-electron chi connectivity index (χ4n) is 2.56. The van der Waals surface area contributed by atoms with Crippen LogP contribution in [0.3, 0.4) is 0 Å². The number of hydrogen-bond donors (Lipinski definition) is 1. The Morgan fingerprint density at radius 1 is 1.33 bits per heavy atom. The predicted octanol–water partition coefficient (Wildman–Crippen LogP) is 2.41. The highest BCUT2D eigenvalue weighted by atomic mass is 32.1. The molecule has 21 heavy (non-hydrogen) atoms. The summed E-state index contributed by atoms with van der Waals surface area (Å²) in [7, 11) is 1.49. The van der Waals surface area contributed by atoms with E-state index in [9.17, 15) is 14.7 Å². The van der Waals surface area contributed by atoms with Crippen molar-refractivity contribution in [2.75, 3.05) is 12.0 Å². The van der Waals surface area contributed by atoms with Gasteiger partial charge in [-0.3, -0.25) is 9.69 Å². The van der Waals surface area contributed by atoms with Crippen molar-refractivity contribution in [1.29, 1.82) is 0 Å². The van der Waals surface area contributed by atoms with E-state index in [2.05, 4.69) is 0 Å². The van der Waals surface area contributed by atoms with Gasteiger partial charge in [-0.25, -0.2) is 4.79 Å². The minimum atomic E-state index is -1.00. The Morgan fingerprint density at radius 3 is 2.81 bits per heavy atom. The van der Waals surface area contributed by atoms with Crippen LogP contribution in [-0.2, 0) is 11.2 Å². The van der Waals surface area contributed by atoms with Crippen LogP contribution in [-0.4, -0.2) is 30.1 Å². The second-order valence-electron chi connectivity index (χ2n) is 4.68. The van der Waals surface area contributed by atoms with Crippen LogP contribution in [0.1, 0.15) is 15.2 Å². The van der Waals surface area contributed by atoms with E-state index in [-0.39, 0.29) is 5.91 Å². The SMILES string of the molecule is COc1ccsc1C(=O)N1c2ccccc2CC1C(=O)O. The van der Waals surface area contributed by atoms with Crippen LogP contribution in [0.5, 0.6) is 5.75 Å². The summed E-state index contributed by atoms with van der Waals surface area (Å²) < 4.78 is 5.17. The highest BCUT2D eigenvalue weighted by Crippen LogP contribution is 2.36. The molecule has 1 aliphatic rings. The van der Waals surface area contributed by atoms with Gasteiger partial charge in [0.15, 0.2) is 0 Å². The molecule has 1 aromatic carbocycles. The van der Waals surface area contributed by atoms with E-state index in [1.807, 2.05) is 12.1 Å². The molecule has 0 saturated heterocycles. The molecule has 2 heterocycles. The minimum absolute atomic E-state index is 0.324. The lowest BCUT2D eigenvalue weighted by atomic mass is 10.1. The van der Waals surface area contributed by atoms with Crippen molar-refractivity contribution >= 4 is 28.9 Å². The monoisotopic (exact) mass is 303 g/mol. The lowest BCUT2D eigenvalue weighted by molar-refractivity contribution is -0.138. The molecule has 0 spiro atoms. The van der Waals surface area contributed by atoms with E-state index in [1.165, 1.54) is 23.3 Å². The van der Waals surface area contributed by atoms with Crippen LogP contribution in [0, 0.1) is 0 Å². The van der Waals surface area contributed by atoms with Gasteiger partial charge in [0.1, 0.15) is 16.7 Å². The molecule has 1 amide bonds. The average Bonchev–Trinajstić information content (AvgIpc) is 3.10. The third-order valence-corrected chi connectivity index (χ3v) is 4.41. The van der Waals surface area contributed by atoms with Gasteiger partial charge < -0.3 is 9.84 Å². The summed E-state index contributed by atoms with van der Waals surface area (Å²) in [5, 5.41) is 11.2. The lowest BCUT2D eigenvalue weighted by Crippen LogP contribution is -2.42. The van der Waals surface area contributed by atoms with Crippen LogP contribution >= 0.6 is 11.3 Å². The maximum Gasteiger partial charge on any atom is 0.327 e. The summed E-state index contributed by atoms with van der Waals surface area (Å²) in [5.74, 6) is -0.868. The van der Waals surface area contributed by atoms with Gasteiger partial charge in [-0.1, -0.05) is 18.2 Å². The van der Waals surface area contributed by atoms with E-state index in [0.717, 1.165) is 5.56 Å². The first-order valence-electron chi connectivity index (χ1n) is 6.39. The molecule has 2 aromatic rings. The number of rotatable bonds is 3. The number of thiophene rings is 1. The third-order valence-electron chi connectivity index (χ3n) is 3.52. The Hall–Kier alpha value is -2.34. The zero-order chi connectivity index (χ0) is 15.0. The van der Waals surface area contributed by atoms with Gasteiger partial charge in [-0.05, 0) is 23.1 Å². The normalized spacial score (nSPS) is 16.6. The Labute approximate surface area is 125 Å². The second kappa shape index (κ2) is 5.21. The van der Waals surface area contributed by atoms with Crippen molar-refractivity contribution in [3.63, 3.8) is 0 Å². The molecule has 1 unspecified atom stereocenters. The maximum absolute atomic E-state index is 12.8. The topological polar surface area (TPSA) is 66.8 Å². The van der Waals surface area contributed by atoms with E-state index >= 15 is 0 Å². The molecule has 0 aliphatic carbocycles. The minimum Gasteiger partial charge on any atom is -0.495 e. The number of para-hydroxylation sites is 1. The van der Waals surface area contributed by atoms with Crippen molar-refractivity contribution in [3.8, 4) is 5.75 Å². The number of nitrogens with zero attached hydrogens (tertiary/aromatic N) is 1. The van der Waals surface area contributed by atoms with Crippen molar-refractivity contribution < 1.29 is 19.4 Å². The van der Waals surface area contributed by atoms with Gasteiger partial charge in [0.2, 0.25) is 0 Å². The Balaban J connectivity index is 2.06. The summed E-state index contributed by atoms with van der Waals surface area (Å²) >= 11 is 1.25. The first kappa shape index (κ1) is 13.6. The number of anilines is 1. The van der Waals surface area contributed by atoms with Crippen molar-refractivity contribution in [1.82, 2.24) is 0 Å². The molecule has 1 aliphatic heterocycles. The van der Waals surface area contributed by atoms with Crippen LogP contribution in [0.25, 0.3) is 0 Å². The Bertz CT molecular complexity index is 709. The quantitative estimate of drug-likeness (QED) is 0.945. The molecule has 3 rings (SSSR count). The number of benzene rings is 1. The number of carbonyl (C=O) groups excluding carboxylic acids is 1. The first-order chi connectivity index (χ1) is 10.1. The van der Waals surface area contributed by atoms with Gasteiger partial charge in [-0.2, -0.15) is 0 Å². The summed E-state index contributed by atoms with van der Waals surface area (Å²) in [6, 6.07) is 8.10. The number of carboxylic acids is 1. The molecular weight excluding hydrogens is 290 g/mol. The van der Waals surface area contributed by atoms with E-state index in [0.29, 0.717) is 22.7 Å². The first-order valence-corrected chi connectivity index (χ1v) is 7.27. The van der Waals surface area contributed by atoms with Gasteiger partial charge in [0.05, 0.1) is 7.11 Å². The summed E-state index contributed by atoms with van der Waals surface area (Å²) in [5.41, 5.74) is 1.53. The average molecular weight is 303 g/mol. The molecule has 1 aromatic heterocycles. The van der Waals surface area contributed by atoms with E-state index in [1.54, 1.807) is 23.6 Å². The highest BCUT2D eigenvalue weighted by Gasteiger charge is 2.39. The zero-order valence-corrected chi connectivity index (χ0v) is 12.1. The molecule has 1 N–H and O–H groups in total. The van der Waals surface area contributed by atoms with Gasteiger partial charge in [0.25, 0.3) is 5.91 Å². The molecule has 0 fully saturated rings.